The van der Waals surface area contributed by atoms with Crippen LogP contribution in [0.2, 0.25) is 0 Å². The van der Waals surface area contributed by atoms with Crippen molar-refractivity contribution in [2.45, 2.75) is 51.3 Å². The van der Waals surface area contributed by atoms with Crippen LogP contribution in [-0.2, 0) is 11.0 Å². The van der Waals surface area contributed by atoms with Crippen molar-refractivity contribution in [1.29, 1.82) is 0 Å². The number of unbranched alkanes of at least 4 members (excludes halogenated alkanes) is 2. The van der Waals surface area contributed by atoms with Crippen LogP contribution in [0.15, 0.2) is 72.8 Å². The summed E-state index contributed by atoms with van der Waals surface area (Å²) in [4.78, 5) is 22.9. The molecule has 0 aliphatic carbocycles. The first-order valence-corrected chi connectivity index (χ1v) is 12.2. The third kappa shape index (κ3) is 8.37. The van der Waals surface area contributed by atoms with Gasteiger partial charge < -0.3 is 15.2 Å². The van der Waals surface area contributed by atoms with Crippen molar-refractivity contribution >= 4 is 11.9 Å². The van der Waals surface area contributed by atoms with Crippen LogP contribution in [0.3, 0.4) is 0 Å². The molecule has 3 rings (SSSR count). The minimum absolute atomic E-state index is 0.0567. The van der Waals surface area contributed by atoms with E-state index in [4.69, 9.17) is 9.84 Å². The Kier molecular flexibility index (Phi) is 9.71. The molecule has 1 atom stereocenters. The van der Waals surface area contributed by atoms with E-state index in [-0.39, 0.29) is 25.0 Å². The van der Waals surface area contributed by atoms with Gasteiger partial charge in [0.2, 0.25) is 0 Å². The van der Waals surface area contributed by atoms with E-state index in [0.29, 0.717) is 16.9 Å². The highest BCUT2D eigenvalue weighted by molar-refractivity contribution is 5.94. The van der Waals surface area contributed by atoms with Gasteiger partial charge >= 0.3 is 12.1 Å². The fourth-order valence-corrected chi connectivity index (χ4v) is 3.85. The number of ether oxygens (including phenoxy) is 1. The van der Waals surface area contributed by atoms with Gasteiger partial charge in [-0.1, -0.05) is 56.2 Å². The van der Waals surface area contributed by atoms with E-state index in [1.54, 1.807) is 24.3 Å². The molecule has 0 saturated heterocycles. The van der Waals surface area contributed by atoms with Gasteiger partial charge in [0.15, 0.2) is 0 Å². The number of carbonyl (C=O) groups excluding carboxylic acids is 1. The van der Waals surface area contributed by atoms with Crippen LogP contribution in [0.25, 0.3) is 11.1 Å². The van der Waals surface area contributed by atoms with Gasteiger partial charge in [-0.2, -0.15) is 13.2 Å². The maximum atomic E-state index is 12.8. The molecule has 0 radical (unpaired) electrons. The molecule has 0 aliphatic rings. The average molecular weight is 514 g/mol. The Bertz CT molecular complexity index is 1160. The molecule has 2 N–H and O–H groups in total. The molecule has 3 aromatic carbocycles. The lowest BCUT2D eigenvalue weighted by Crippen LogP contribution is -2.26. The van der Waals surface area contributed by atoms with E-state index in [1.807, 2.05) is 24.3 Å². The molecule has 3 aromatic rings. The van der Waals surface area contributed by atoms with E-state index in [1.165, 1.54) is 12.1 Å². The van der Waals surface area contributed by atoms with Crippen LogP contribution in [0, 0.1) is 0 Å². The third-order valence-corrected chi connectivity index (χ3v) is 5.92. The van der Waals surface area contributed by atoms with Crippen molar-refractivity contribution in [3.8, 4) is 16.9 Å². The maximum absolute atomic E-state index is 12.8. The molecule has 0 bridgehead atoms. The number of carbonyl (C=O) groups is 2. The first-order valence-electron chi connectivity index (χ1n) is 12.2. The summed E-state index contributed by atoms with van der Waals surface area (Å²) < 4.78 is 44.8. The number of carboxylic acid groups (broad SMARTS) is 1. The van der Waals surface area contributed by atoms with Gasteiger partial charge in [0.25, 0.3) is 5.91 Å². The molecule has 1 unspecified atom stereocenters. The molecule has 0 heterocycles. The Morgan fingerprint density at radius 2 is 1.49 bits per heavy atom. The zero-order valence-electron chi connectivity index (χ0n) is 20.6. The quantitative estimate of drug-likeness (QED) is 0.250. The number of benzene rings is 3. The lowest BCUT2D eigenvalue weighted by Gasteiger charge is -2.20. The molecule has 0 aliphatic heterocycles. The summed E-state index contributed by atoms with van der Waals surface area (Å²) in [5.41, 5.74) is 2.11. The number of hydrogen-bond acceptors (Lipinski definition) is 3. The van der Waals surface area contributed by atoms with Gasteiger partial charge in [-0.25, -0.2) is 0 Å². The number of aliphatic carboxylic acids is 1. The average Bonchev–Trinajstić information content (AvgIpc) is 2.88. The van der Waals surface area contributed by atoms with E-state index in [0.717, 1.165) is 48.9 Å². The summed E-state index contributed by atoms with van der Waals surface area (Å²) in [6.45, 7) is 2.18. The summed E-state index contributed by atoms with van der Waals surface area (Å²) in [6, 6.07) is 19.3. The van der Waals surface area contributed by atoms with Crippen LogP contribution < -0.4 is 10.1 Å². The van der Waals surface area contributed by atoms with Crippen LogP contribution >= 0.6 is 0 Å². The van der Waals surface area contributed by atoms with Gasteiger partial charge in [-0.15, -0.1) is 0 Å². The van der Waals surface area contributed by atoms with Crippen molar-refractivity contribution in [1.82, 2.24) is 5.32 Å². The minimum Gasteiger partial charge on any atom is -0.486 e. The van der Waals surface area contributed by atoms with Crippen LogP contribution in [-0.4, -0.2) is 23.5 Å². The number of nitrogens with one attached hydrogen (secondary N) is 1. The molecule has 5 nitrogen and oxygen atoms in total. The summed E-state index contributed by atoms with van der Waals surface area (Å²) in [7, 11) is 0. The largest absolute Gasteiger partial charge is 0.486 e. The molecule has 0 aromatic heterocycles. The second-order valence-corrected chi connectivity index (χ2v) is 8.72. The number of halogens is 3. The molecule has 0 fully saturated rings. The Balaban J connectivity index is 1.70. The van der Waals surface area contributed by atoms with Gasteiger partial charge in [0, 0.05) is 12.1 Å². The molecule has 8 heteroatoms. The standard InChI is InChI=1S/C29H30F3NO4/c1-2-3-4-5-26(22-6-8-23(9-7-22)28(36)33-19-18-27(34)35)37-25-16-12-21(13-17-25)20-10-14-24(15-11-20)29(30,31)32/h6-17,26H,2-5,18-19H2,1H3,(H,33,36)(H,34,35). The molecule has 196 valence electrons. The second kappa shape index (κ2) is 12.9. The fraction of sp³-hybridized carbons (Fsp3) is 0.310. The predicted octanol–water partition coefficient (Wildman–Crippen LogP) is 7.28. The SMILES string of the molecule is CCCCCC(Oc1ccc(-c2ccc(C(F)(F)F)cc2)cc1)c1ccc(C(=O)NCCC(=O)O)cc1. The second-order valence-electron chi connectivity index (χ2n) is 8.72. The summed E-state index contributed by atoms with van der Waals surface area (Å²) >= 11 is 0. The highest BCUT2D eigenvalue weighted by Crippen LogP contribution is 2.32. The Hall–Kier alpha value is -3.81. The highest BCUT2D eigenvalue weighted by Gasteiger charge is 2.30. The normalized spacial score (nSPS) is 12.1. The minimum atomic E-state index is -4.37. The summed E-state index contributed by atoms with van der Waals surface area (Å²) in [6.07, 6.45) is -0.908. The Morgan fingerprint density at radius 3 is 2.03 bits per heavy atom. The Morgan fingerprint density at radius 1 is 0.892 bits per heavy atom. The van der Waals surface area contributed by atoms with E-state index in [9.17, 15) is 22.8 Å². The first kappa shape index (κ1) is 27.8. The van der Waals surface area contributed by atoms with Crippen LogP contribution in [0.4, 0.5) is 13.2 Å². The number of hydrogen-bond donors (Lipinski definition) is 2. The topological polar surface area (TPSA) is 75.6 Å². The molecule has 37 heavy (non-hydrogen) atoms. The smallest absolute Gasteiger partial charge is 0.416 e. The molecular weight excluding hydrogens is 483 g/mol. The number of carboxylic acids is 1. The fourth-order valence-electron chi connectivity index (χ4n) is 3.85. The van der Waals surface area contributed by atoms with E-state index >= 15 is 0 Å². The molecule has 1 amide bonds. The Labute approximate surface area is 214 Å². The van der Waals surface area contributed by atoms with Gasteiger partial charge in [-0.3, -0.25) is 9.59 Å². The van der Waals surface area contributed by atoms with Crippen molar-refractivity contribution < 1.29 is 32.6 Å². The van der Waals surface area contributed by atoms with Gasteiger partial charge in [-0.05, 0) is 65.9 Å². The molecule has 0 spiro atoms. The lowest BCUT2D eigenvalue weighted by molar-refractivity contribution is -0.138. The molecular formula is C29H30F3NO4. The highest BCUT2D eigenvalue weighted by atomic mass is 19.4. The third-order valence-electron chi connectivity index (χ3n) is 5.92. The summed E-state index contributed by atoms with van der Waals surface area (Å²) in [5.74, 6) is -0.683. The first-order chi connectivity index (χ1) is 17.7. The number of rotatable bonds is 12. The van der Waals surface area contributed by atoms with E-state index < -0.39 is 17.7 Å². The van der Waals surface area contributed by atoms with Gasteiger partial charge in [0.1, 0.15) is 11.9 Å². The van der Waals surface area contributed by atoms with Crippen molar-refractivity contribution in [2.24, 2.45) is 0 Å². The number of amides is 1. The van der Waals surface area contributed by atoms with Crippen molar-refractivity contribution in [3.05, 3.63) is 89.5 Å². The monoisotopic (exact) mass is 513 g/mol. The van der Waals surface area contributed by atoms with Crippen LogP contribution in [0.5, 0.6) is 5.75 Å². The van der Waals surface area contributed by atoms with E-state index in [2.05, 4.69) is 12.2 Å². The predicted molar refractivity (Wildman–Crippen MR) is 135 cm³/mol. The zero-order valence-corrected chi connectivity index (χ0v) is 20.6. The van der Waals surface area contributed by atoms with Crippen molar-refractivity contribution in [3.63, 3.8) is 0 Å². The summed E-state index contributed by atoms with van der Waals surface area (Å²) in [5, 5.41) is 11.3. The van der Waals surface area contributed by atoms with Gasteiger partial charge in [0.05, 0.1) is 12.0 Å². The van der Waals surface area contributed by atoms with Crippen molar-refractivity contribution in [2.75, 3.05) is 6.54 Å². The molecule has 0 saturated carbocycles. The lowest BCUT2D eigenvalue weighted by atomic mass is 10.0. The zero-order chi connectivity index (χ0) is 26.8. The van der Waals surface area contributed by atoms with Crippen LogP contribution in [0.1, 0.15) is 66.6 Å². The number of alkyl halides is 3. The maximum Gasteiger partial charge on any atom is 0.416 e.